The number of ether oxygens (including phenoxy) is 1. The molecule has 0 bridgehead atoms. The molecule has 2 aromatic carbocycles. The highest BCUT2D eigenvalue weighted by Crippen LogP contribution is 2.31. The SMILES string of the molecule is COC(=O)c1ccc(S(=O)(=O)N2CCN(c3nc(Nc4ccc(F)cc4)cc(C(F)(F)F)n3)CC2)cc1. The number of carbonyl (C=O) groups excluding carboxylic acids is 1. The summed E-state index contributed by atoms with van der Waals surface area (Å²) in [7, 11) is -2.70. The number of halogens is 4. The Morgan fingerprint density at radius 1 is 0.973 bits per heavy atom. The molecule has 1 aliphatic rings. The van der Waals surface area contributed by atoms with Crippen LogP contribution in [0.25, 0.3) is 0 Å². The van der Waals surface area contributed by atoms with Gasteiger partial charge in [0, 0.05) is 37.9 Å². The van der Waals surface area contributed by atoms with E-state index < -0.39 is 33.7 Å². The van der Waals surface area contributed by atoms with Crippen molar-refractivity contribution in [1.82, 2.24) is 14.3 Å². The number of anilines is 3. The second kappa shape index (κ2) is 10.3. The minimum atomic E-state index is -4.75. The maximum atomic E-state index is 13.5. The first kappa shape index (κ1) is 26.3. The summed E-state index contributed by atoms with van der Waals surface area (Å²) in [5.74, 6) is -1.48. The number of rotatable bonds is 6. The van der Waals surface area contributed by atoms with Crippen LogP contribution in [0.5, 0.6) is 0 Å². The molecule has 1 aliphatic heterocycles. The molecule has 0 spiro atoms. The molecule has 0 radical (unpaired) electrons. The smallest absolute Gasteiger partial charge is 0.433 e. The van der Waals surface area contributed by atoms with Crippen LogP contribution < -0.4 is 10.2 Å². The third-order valence-corrected chi connectivity index (χ3v) is 7.47. The van der Waals surface area contributed by atoms with Crippen LogP contribution in [0.2, 0.25) is 0 Å². The van der Waals surface area contributed by atoms with Gasteiger partial charge in [-0.05, 0) is 48.5 Å². The number of hydrogen-bond donors (Lipinski definition) is 1. The van der Waals surface area contributed by atoms with Crippen LogP contribution in [0, 0.1) is 5.82 Å². The lowest BCUT2D eigenvalue weighted by molar-refractivity contribution is -0.141. The van der Waals surface area contributed by atoms with Gasteiger partial charge in [0.05, 0.1) is 17.6 Å². The van der Waals surface area contributed by atoms with Crippen LogP contribution in [-0.4, -0.2) is 61.9 Å². The van der Waals surface area contributed by atoms with Gasteiger partial charge in [-0.25, -0.2) is 22.6 Å². The zero-order chi connectivity index (χ0) is 26.8. The van der Waals surface area contributed by atoms with E-state index in [9.17, 15) is 30.8 Å². The topological polar surface area (TPSA) is 105 Å². The average molecular weight is 540 g/mol. The normalized spacial score (nSPS) is 14.9. The molecular formula is C23H21F4N5O4S. The maximum Gasteiger partial charge on any atom is 0.433 e. The number of nitrogens with zero attached hydrogens (tertiary/aromatic N) is 4. The van der Waals surface area contributed by atoms with Crippen molar-refractivity contribution in [2.75, 3.05) is 43.5 Å². The highest BCUT2D eigenvalue weighted by atomic mass is 32.2. The molecular weight excluding hydrogens is 518 g/mol. The summed E-state index contributed by atoms with van der Waals surface area (Å²) in [6.45, 7) is 0.0242. The number of piperazine rings is 1. The Morgan fingerprint density at radius 2 is 1.59 bits per heavy atom. The van der Waals surface area contributed by atoms with E-state index in [0.29, 0.717) is 5.69 Å². The van der Waals surface area contributed by atoms with E-state index in [-0.39, 0.29) is 48.4 Å². The Balaban J connectivity index is 1.52. The Labute approximate surface area is 209 Å². The van der Waals surface area contributed by atoms with E-state index in [1.54, 1.807) is 0 Å². The number of hydrogen-bond acceptors (Lipinski definition) is 8. The summed E-state index contributed by atoms with van der Waals surface area (Å²) < 4.78 is 85.5. The second-order valence-electron chi connectivity index (χ2n) is 7.98. The summed E-state index contributed by atoms with van der Waals surface area (Å²) in [4.78, 5) is 20.8. The van der Waals surface area contributed by atoms with E-state index in [0.717, 1.165) is 18.2 Å². The van der Waals surface area contributed by atoms with Gasteiger partial charge in [-0.15, -0.1) is 0 Å². The van der Waals surface area contributed by atoms with Gasteiger partial charge in [-0.1, -0.05) is 0 Å². The number of esters is 1. The van der Waals surface area contributed by atoms with E-state index in [4.69, 9.17) is 0 Å². The summed E-state index contributed by atoms with van der Waals surface area (Å²) in [6.07, 6.45) is -4.75. The third kappa shape index (κ3) is 5.97. The highest BCUT2D eigenvalue weighted by Gasteiger charge is 2.35. The third-order valence-electron chi connectivity index (χ3n) is 5.56. The molecule has 0 atom stereocenters. The van der Waals surface area contributed by atoms with Gasteiger partial charge in [0.25, 0.3) is 0 Å². The number of sulfonamides is 1. The van der Waals surface area contributed by atoms with Crippen molar-refractivity contribution < 1.29 is 35.5 Å². The fourth-order valence-corrected chi connectivity index (χ4v) is 5.05. The molecule has 4 rings (SSSR count). The summed E-state index contributed by atoms with van der Waals surface area (Å²) >= 11 is 0. The minimum Gasteiger partial charge on any atom is -0.465 e. The zero-order valence-electron chi connectivity index (χ0n) is 19.4. The Kier molecular flexibility index (Phi) is 7.32. The molecule has 1 N–H and O–H groups in total. The van der Waals surface area contributed by atoms with Gasteiger partial charge in [0.1, 0.15) is 11.6 Å². The molecule has 0 saturated carbocycles. The molecule has 1 fully saturated rings. The Hall–Kier alpha value is -3.78. The summed E-state index contributed by atoms with van der Waals surface area (Å²) in [6, 6.07) is 11.0. The molecule has 14 heteroatoms. The fourth-order valence-electron chi connectivity index (χ4n) is 3.62. The van der Waals surface area contributed by atoms with Gasteiger partial charge < -0.3 is 15.0 Å². The first-order valence-corrected chi connectivity index (χ1v) is 12.3. The predicted molar refractivity (Wildman–Crippen MR) is 125 cm³/mol. The maximum absolute atomic E-state index is 13.5. The monoisotopic (exact) mass is 539 g/mol. The van der Waals surface area contributed by atoms with Crippen LogP contribution in [0.3, 0.4) is 0 Å². The number of carbonyl (C=O) groups is 1. The quantitative estimate of drug-likeness (QED) is 0.374. The Morgan fingerprint density at radius 3 is 2.16 bits per heavy atom. The van der Waals surface area contributed by atoms with Crippen LogP contribution in [-0.2, 0) is 20.9 Å². The first-order valence-electron chi connectivity index (χ1n) is 10.9. The van der Waals surface area contributed by atoms with Crippen molar-refractivity contribution in [3.8, 4) is 0 Å². The number of nitrogens with one attached hydrogen (secondary N) is 1. The molecule has 1 aromatic heterocycles. The van der Waals surface area contributed by atoms with Gasteiger partial charge in [0.15, 0.2) is 5.69 Å². The van der Waals surface area contributed by atoms with Crippen LogP contribution in [0.1, 0.15) is 16.1 Å². The van der Waals surface area contributed by atoms with E-state index >= 15 is 0 Å². The van der Waals surface area contributed by atoms with Crippen molar-refractivity contribution >= 4 is 33.4 Å². The van der Waals surface area contributed by atoms with Crippen molar-refractivity contribution in [1.29, 1.82) is 0 Å². The number of aromatic nitrogens is 2. The zero-order valence-corrected chi connectivity index (χ0v) is 20.2. The van der Waals surface area contributed by atoms with Crippen LogP contribution >= 0.6 is 0 Å². The minimum absolute atomic E-state index is 0.0264. The van der Waals surface area contributed by atoms with Crippen molar-refractivity contribution in [3.05, 3.63) is 71.7 Å². The fraction of sp³-hybridized carbons (Fsp3) is 0.261. The number of methoxy groups -OCH3 is 1. The number of benzene rings is 2. The van der Waals surface area contributed by atoms with E-state index in [2.05, 4.69) is 20.0 Å². The van der Waals surface area contributed by atoms with E-state index in [1.165, 1.54) is 52.7 Å². The molecule has 37 heavy (non-hydrogen) atoms. The lowest BCUT2D eigenvalue weighted by Crippen LogP contribution is -2.49. The van der Waals surface area contributed by atoms with Gasteiger partial charge in [0.2, 0.25) is 16.0 Å². The average Bonchev–Trinajstić information content (AvgIpc) is 2.89. The molecule has 0 amide bonds. The summed E-state index contributed by atoms with van der Waals surface area (Å²) in [5.41, 5.74) is -0.658. The molecule has 0 aliphatic carbocycles. The molecule has 0 unspecified atom stereocenters. The van der Waals surface area contributed by atoms with Crippen LogP contribution in [0.15, 0.2) is 59.5 Å². The summed E-state index contributed by atoms with van der Waals surface area (Å²) in [5, 5.41) is 2.71. The van der Waals surface area contributed by atoms with Crippen molar-refractivity contribution in [2.24, 2.45) is 0 Å². The number of alkyl halides is 3. The van der Waals surface area contributed by atoms with E-state index in [1.807, 2.05) is 0 Å². The predicted octanol–water partition coefficient (Wildman–Crippen LogP) is 3.68. The molecule has 1 saturated heterocycles. The molecule has 9 nitrogen and oxygen atoms in total. The van der Waals surface area contributed by atoms with Gasteiger partial charge in [-0.3, -0.25) is 0 Å². The Bertz CT molecular complexity index is 1380. The van der Waals surface area contributed by atoms with Crippen molar-refractivity contribution in [3.63, 3.8) is 0 Å². The largest absolute Gasteiger partial charge is 0.465 e. The van der Waals surface area contributed by atoms with Crippen LogP contribution in [0.4, 0.5) is 35.0 Å². The van der Waals surface area contributed by atoms with Gasteiger partial charge >= 0.3 is 12.1 Å². The van der Waals surface area contributed by atoms with Gasteiger partial charge in [-0.2, -0.15) is 22.5 Å². The highest BCUT2D eigenvalue weighted by molar-refractivity contribution is 7.89. The first-order chi connectivity index (χ1) is 17.5. The molecule has 3 aromatic rings. The molecule has 196 valence electrons. The lowest BCUT2D eigenvalue weighted by atomic mass is 10.2. The lowest BCUT2D eigenvalue weighted by Gasteiger charge is -2.34. The standard InChI is InChI=1S/C23H21F4N5O4S/c1-36-21(33)15-2-8-18(9-3-15)37(34,35)32-12-10-31(11-13-32)22-29-19(23(25,26)27)14-20(30-22)28-17-6-4-16(24)5-7-17/h2-9,14H,10-13H2,1H3,(H,28,29,30). The van der Waals surface area contributed by atoms with Crippen molar-refractivity contribution in [2.45, 2.75) is 11.1 Å². The molecule has 2 heterocycles. The second-order valence-corrected chi connectivity index (χ2v) is 9.91.